The lowest BCUT2D eigenvalue weighted by Crippen LogP contribution is -2.24. The first-order valence-corrected chi connectivity index (χ1v) is 3.66. The predicted octanol–water partition coefficient (Wildman–Crippen LogP) is 0.342. The Kier molecular flexibility index (Phi) is 4.95. The summed E-state index contributed by atoms with van der Waals surface area (Å²) in [5.41, 5.74) is 0. The summed E-state index contributed by atoms with van der Waals surface area (Å²) < 4.78 is 0. The van der Waals surface area contributed by atoms with Crippen molar-refractivity contribution < 1.29 is 10.2 Å². The molecule has 4 heteroatoms. The number of alkyl halides is 2. The SMILES string of the molecule is OCC(Br)C(O)CCl. The molecule has 0 aliphatic carbocycles. The lowest BCUT2D eigenvalue weighted by molar-refractivity contribution is 0.161. The molecule has 8 heavy (non-hydrogen) atoms. The summed E-state index contributed by atoms with van der Waals surface area (Å²) in [4.78, 5) is -0.292. The van der Waals surface area contributed by atoms with E-state index < -0.39 is 6.10 Å². The highest BCUT2D eigenvalue weighted by Crippen LogP contribution is 2.05. The van der Waals surface area contributed by atoms with Crippen molar-refractivity contribution in [1.82, 2.24) is 0 Å². The molecule has 0 amide bonds. The molecule has 2 nitrogen and oxygen atoms in total. The lowest BCUT2D eigenvalue weighted by atomic mass is 10.3. The van der Waals surface area contributed by atoms with Crippen molar-refractivity contribution in [2.75, 3.05) is 12.5 Å². The van der Waals surface area contributed by atoms with E-state index in [0.29, 0.717) is 0 Å². The molecule has 0 aromatic heterocycles. The molecule has 0 radical (unpaired) electrons. The van der Waals surface area contributed by atoms with Crippen LogP contribution in [0.3, 0.4) is 0 Å². The van der Waals surface area contributed by atoms with Gasteiger partial charge >= 0.3 is 0 Å². The Hall–Kier alpha value is 0.690. The molecule has 0 saturated carbocycles. The van der Waals surface area contributed by atoms with Crippen LogP contribution < -0.4 is 0 Å². The van der Waals surface area contributed by atoms with Crippen molar-refractivity contribution in [3.8, 4) is 0 Å². The summed E-state index contributed by atoms with van der Waals surface area (Å²) in [7, 11) is 0. The minimum absolute atomic E-state index is 0.0894. The van der Waals surface area contributed by atoms with Gasteiger partial charge in [0.05, 0.1) is 17.5 Å². The fraction of sp³-hybridized carbons (Fsp3) is 1.00. The van der Waals surface area contributed by atoms with Gasteiger partial charge in [0.1, 0.15) is 0 Å². The number of aliphatic hydroxyl groups excluding tert-OH is 2. The number of hydrogen-bond acceptors (Lipinski definition) is 2. The molecular formula is C4H8BrClO2. The average molecular weight is 203 g/mol. The third kappa shape index (κ3) is 2.87. The molecule has 0 heterocycles. The van der Waals surface area contributed by atoms with Crippen LogP contribution in [0.4, 0.5) is 0 Å². The Morgan fingerprint density at radius 1 is 1.62 bits per heavy atom. The van der Waals surface area contributed by atoms with E-state index in [2.05, 4.69) is 15.9 Å². The number of hydrogen-bond donors (Lipinski definition) is 2. The second kappa shape index (κ2) is 4.56. The Bertz CT molecular complexity index is 54.0. The first-order valence-electron chi connectivity index (χ1n) is 2.21. The van der Waals surface area contributed by atoms with Crippen LogP contribution >= 0.6 is 27.5 Å². The van der Waals surface area contributed by atoms with E-state index in [1.165, 1.54) is 0 Å². The molecule has 2 N–H and O–H groups in total. The molecule has 50 valence electrons. The molecule has 0 aliphatic heterocycles. The minimum atomic E-state index is -0.651. The molecule has 0 aromatic carbocycles. The quantitative estimate of drug-likeness (QED) is 0.650. The van der Waals surface area contributed by atoms with Crippen LogP contribution in [-0.2, 0) is 0 Å². The van der Waals surface area contributed by atoms with E-state index in [4.69, 9.17) is 21.8 Å². The van der Waals surface area contributed by atoms with Gasteiger partial charge in [0.25, 0.3) is 0 Å². The first-order chi connectivity index (χ1) is 3.72. The van der Waals surface area contributed by atoms with Gasteiger partial charge in [-0.3, -0.25) is 0 Å². The van der Waals surface area contributed by atoms with Gasteiger partial charge in [-0.05, 0) is 0 Å². The molecular weight excluding hydrogens is 195 g/mol. The van der Waals surface area contributed by atoms with Gasteiger partial charge in [0, 0.05) is 5.88 Å². The molecule has 0 bridgehead atoms. The zero-order chi connectivity index (χ0) is 6.57. The van der Waals surface area contributed by atoms with Crippen LogP contribution in [0.25, 0.3) is 0 Å². The van der Waals surface area contributed by atoms with Gasteiger partial charge in [0.2, 0.25) is 0 Å². The zero-order valence-corrected chi connectivity index (χ0v) is 6.56. The summed E-state index contributed by atoms with van der Waals surface area (Å²) in [5.74, 6) is 0.149. The highest BCUT2D eigenvalue weighted by atomic mass is 79.9. The van der Waals surface area contributed by atoms with E-state index >= 15 is 0 Å². The van der Waals surface area contributed by atoms with Crippen molar-refractivity contribution in [1.29, 1.82) is 0 Å². The second-order valence-corrected chi connectivity index (χ2v) is 2.90. The smallest absolute Gasteiger partial charge is 0.0822 e. The summed E-state index contributed by atoms with van der Waals surface area (Å²) in [5, 5.41) is 17.2. The minimum Gasteiger partial charge on any atom is -0.395 e. The molecule has 2 unspecified atom stereocenters. The van der Waals surface area contributed by atoms with Gasteiger partial charge in [-0.2, -0.15) is 0 Å². The van der Waals surface area contributed by atoms with Crippen molar-refractivity contribution in [3.05, 3.63) is 0 Å². The van der Waals surface area contributed by atoms with Crippen LogP contribution in [0.5, 0.6) is 0 Å². The monoisotopic (exact) mass is 202 g/mol. The number of halogens is 2. The van der Waals surface area contributed by atoms with Gasteiger partial charge in [-0.1, -0.05) is 15.9 Å². The van der Waals surface area contributed by atoms with Crippen LogP contribution in [0.1, 0.15) is 0 Å². The van der Waals surface area contributed by atoms with E-state index in [0.717, 1.165) is 0 Å². The van der Waals surface area contributed by atoms with Crippen LogP contribution in [0.2, 0.25) is 0 Å². The van der Waals surface area contributed by atoms with Gasteiger partial charge in [-0.25, -0.2) is 0 Å². The van der Waals surface area contributed by atoms with Crippen LogP contribution in [-0.4, -0.2) is 33.6 Å². The molecule has 0 rings (SSSR count). The maximum absolute atomic E-state index is 8.79. The van der Waals surface area contributed by atoms with E-state index in [1.807, 2.05) is 0 Å². The van der Waals surface area contributed by atoms with Gasteiger partial charge in [-0.15, -0.1) is 11.6 Å². The van der Waals surface area contributed by atoms with E-state index in [-0.39, 0.29) is 17.3 Å². The fourth-order valence-electron chi connectivity index (χ4n) is 0.218. The number of rotatable bonds is 3. The molecule has 0 saturated heterocycles. The summed E-state index contributed by atoms with van der Waals surface area (Å²) >= 11 is 8.25. The highest BCUT2D eigenvalue weighted by Gasteiger charge is 2.12. The molecule has 0 spiro atoms. The second-order valence-electron chi connectivity index (χ2n) is 1.42. The molecule has 0 aliphatic rings. The van der Waals surface area contributed by atoms with E-state index in [9.17, 15) is 0 Å². The Labute approximate surface area is 61.6 Å². The summed E-state index contributed by atoms with van der Waals surface area (Å²) in [6.07, 6.45) is -0.651. The number of aliphatic hydroxyl groups is 2. The van der Waals surface area contributed by atoms with Crippen molar-refractivity contribution in [2.45, 2.75) is 10.9 Å². The fourth-order valence-corrected chi connectivity index (χ4v) is 0.836. The molecule has 2 atom stereocenters. The van der Waals surface area contributed by atoms with Crippen molar-refractivity contribution in [3.63, 3.8) is 0 Å². The summed E-state index contributed by atoms with van der Waals surface area (Å²) in [6.45, 7) is -0.0894. The highest BCUT2D eigenvalue weighted by molar-refractivity contribution is 9.09. The Morgan fingerprint density at radius 3 is 2.25 bits per heavy atom. The summed E-state index contributed by atoms with van der Waals surface area (Å²) in [6, 6.07) is 0. The van der Waals surface area contributed by atoms with Gasteiger partial charge < -0.3 is 10.2 Å². The standard InChI is InChI=1S/C4H8BrClO2/c5-3(2-7)4(8)1-6/h3-4,7-8H,1-2H2. The lowest BCUT2D eigenvalue weighted by Gasteiger charge is -2.09. The third-order valence-corrected chi connectivity index (χ3v) is 1.97. The van der Waals surface area contributed by atoms with Crippen LogP contribution in [0.15, 0.2) is 0 Å². The zero-order valence-electron chi connectivity index (χ0n) is 4.22. The maximum atomic E-state index is 8.79. The first kappa shape index (κ1) is 8.69. The Balaban J connectivity index is 3.29. The van der Waals surface area contributed by atoms with Crippen molar-refractivity contribution in [2.24, 2.45) is 0 Å². The predicted molar refractivity (Wildman–Crippen MR) is 36.5 cm³/mol. The topological polar surface area (TPSA) is 40.5 Å². The van der Waals surface area contributed by atoms with Crippen molar-refractivity contribution >= 4 is 27.5 Å². The van der Waals surface area contributed by atoms with Crippen LogP contribution in [0, 0.1) is 0 Å². The van der Waals surface area contributed by atoms with Gasteiger partial charge in [0.15, 0.2) is 0 Å². The molecule has 0 fully saturated rings. The third-order valence-electron chi connectivity index (χ3n) is 0.750. The largest absolute Gasteiger partial charge is 0.395 e. The van der Waals surface area contributed by atoms with E-state index in [1.54, 1.807) is 0 Å². The average Bonchev–Trinajstić information content (AvgIpc) is 1.84. The Morgan fingerprint density at radius 2 is 2.12 bits per heavy atom. The molecule has 0 aromatic rings. The normalized spacial score (nSPS) is 18.0. The maximum Gasteiger partial charge on any atom is 0.0822 e.